The third-order valence-corrected chi connectivity index (χ3v) is 6.45. The molecule has 4 nitrogen and oxygen atoms in total. The molecule has 17 heavy (non-hydrogen) atoms. The molecule has 0 amide bonds. The van der Waals surface area contributed by atoms with Crippen molar-refractivity contribution in [2.75, 3.05) is 38.5 Å². The number of nitrogens with zero attached hydrogens (tertiary/aromatic N) is 1. The van der Waals surface area contributed by atoms with E-state index in [9.17, 15) is 8.42 Å². The minimum absolute atomic E-state index is 0.243. The van der Waals surface area contributed by atoms with E-state index in [1.165, 1.54) is 12.8 Å². The summed E-state index contributed by atoms with van der Waals surface area (Å²) in [4.78, 5) is 2.33. The molecule has 5 heteroatoms. The molecule has 0 saturated carbocycles. The SMILES string of the molecule is CC(C)S(=O)(=O)CCN1CCC2(CCNC2)C1. The number of likely N-dealkylation sites (tertiary alicyclic amines) is 1. The average molecular weight is 260 g/mol. The number of hydrogen-bond donors (Lipinski definition) is 1. The first-order chi connectivity index (χ1) is 7.94. The molecule has 0 bridgehead atoms. The van der Waals surface area contributed by atoms with Gasteiger partial charge < -0.3 is 10.2 Å². The van der Waals surface area contributed by atoms with Crippen molar-refractivity contribution in [2.24, 2.45) is 5.41 Å². The van der Waals surface area contributed by atoms with Crippen LogP contribution in [-0.4, -0.2) is 57.0 Å². The molecule has 2 fully saturated rings. The second-order valence-electron chi connectivity index (χ2n) is 5.87. The van der Waals surface area contributed by atoms with Crippen molar-refractivity contribution >= 4 is 9.84 Å². The summed E-state index contributed by atoms with van der Waals surface area (Å²) in [6.45, 7) is 8.62. The fraction of sp³-hybridized carbons (Fsp3) is 1.00. The Bertz CT molecular complexity index is 359. The van der Waals surface area contributed by atoms with Gasteiger partial charge in [-0.25, -0.2) is 8.42 Å². The molecule has 2 rings (SSSR count). The maximum absolute atomic E-state index is 11.8. The summed E-state index contributed by atoms with van der Waals surface area (Å²) in [5.74, 6) is 0.314. The normalized spacial score (nSPS) is 30.8. The van der Waals surface area contributed by atoms with E-state index in [-0.39, 0.29) is 5.25 Å². The van der Waals surface area contributed by atoms with Crippen LogP contribution in [0.2, 0.25) is 0 Å². The summed E-state index contributed by atoms with van der Waals surface area (Å²) in [6, 6.07) is 0. The van der Waals surface area contributed by atoms with Crippen LogP contribution in [0, 0.1) is 5.41 Å². The van der Waals surface area contributed by atoms with Gasteiger partial charge in [-0.2, -0.15) is 0 Å². The molecular weight excluding hydrogens is 236 g/mol. The summed E-state index contributed by atoms with van der Waals surface area (Å²) < 4.78 is 23.5. The highest BCUT2D eigenvalue weighted by molar-refractivity contribution is 7.92. The molecule has 0 aromatic rings. The third kappa shape index (κ3) is 3.01. The van der Waals surface area contributed by atoms with Crippen molar-refractivity contribution in [2.45, 2.75) is 31.9 Å². The summed E-state index contributed by atoms with van der Waals surface area (Å²) in [7, 11) is -2.88. The molecule has 2 heterocycles. The van der Waals surface area contributed by atoms with Gasteiger partial charge in [-0.15, -0.1) is 0 Å². The van der Waals surface area contributed by atoms with Gasteiger partial charge in [-0.3, -0.25) is 0 Å². The van der Waals surface area contributed by atoms with Crippen molar-refractivity contribution < 1.29 is 8.42 Å². The fourth-order valence-electron chi connectivity index (χ4n) is 2.85. The lowest BCUT2D eigenvalue weighted by molar-refractivity contribution is 0.284. The largest absolute Gasteiger partial charge is 0.316 e. The van der Waals surface area contributed by atoms with Crippen LogP contribution in [0.1, 0.15) is 26.7 Å². The Labute approximate surface area is 105 Å². The fourth-order valence-corrected chi connectivity index (χ4v) is 3.84. The van der Waals surface area contributed by atoms with Crippen LogP contribution in [0.4, 0.5) is 0 Å². The molecule has 2 aliphatic rings. The van der Waals surface area contributed by atoms with E-state index < -0.39 is 9.84 Å². The zero-order valence-electron chi connectivity index (χ0n) is 10.9. The predicted octanol–water partition coefficient (Wildman–Crippen LogP) is 0.495. The lowest BCUT2D eigenvalue weighted by atomic mass is 9.87. The van der Waals surface area contributed by atoms with Crippen LogP contribution in [0.3, 0.4) is 0 Å². The van der Waals surface area contributed by atoms with Crippen LogP contribution in [0.5, 0.6) is 0 Å². The van der Waals surface area contributed by atoms with Crippen LogP contribution in [0.15, 0.2) is 0 Å². The van der Waals surface area contributed by atoms with Crippen LogP contribution < -0.4 is 5.32 Å². The zero-order chi connectivity index (χ0) is 12.5. The second-order valence-corrected chi connectivity index (χ2v) is 8.55. The van der Waals surface area contributed by atoms with Gasteiger partial charge in [0.1, 0.15) is 0 Å². The monoisotopic (exact) mass is 260 g/mol. The molecule has 100 valence electrons. The first-order valence-corrected chi connectivity index (χ1v) is 8.30. The standard InChI is InChI=1S/C12H24N2O2S/c1-11(2)17(15,16)8-7-14-6-4-12(10-14)3-5-13-9-12/h11,13H,3-10H2,1-2H3. The highest BCUT2D eigenvalue weighted by Gasteiger charge is 2.40. The van der Waals surface area contributed by atoms with Gasteiger partial charge >= 0.3 is 0 Å². The summed E-state index contributed by atoms with van der Waals surface area (Å²) in [6.07, 6.45) is 2.47. The Morgan fingerprint density at radius 1 is 1.35 bits per heavy atom. The zero-order valence-corrected chi connectivity index (χ0v) is 11.7. The van der Waals surface area contributed by atoms with E-state index in [0.29, 0.717) is 17.7 Å². The lowest BCUT2D eigenvalue weighted by Crippen LogP contribution is -2.33. The molecule has 0 radical (unpaired) electrons. The lowest BCUT2D eigenvalue weighted by Gasteiger charge is -2.23. The van der Waals surface area contributed by atoms with E-state index in [0.717, 1.165) is 26.2 Å². The van der Waals surface area contributed by atoms with Gasteiger partial charge in [0, 0.05) is 19.6 Å². The van der Waals surface area contributed by atoms with Crippen molar-refractivity contribution in [3.05, 3.63) is 0 Å². The van der Waals surface area contributed by atoms with E-state index in [1.54, 1.807) is 13.8 Å². The minimum Gasteiger partial charge on any atom is -0.316 e. The van der Waals surface area contributed by atoms with E-state index in [4.69, 9.17) is 0 Å². The number of nitrogens with one attached hydrogen (secondary N) is 1. The summed E-state index contributed by atoms with van der Waals surface area (Å²) >= 11 is 0. The molecule has 0 aromatic carbocycles. The summed E-state index contributed by atoms with van der Waals surface area (Å²) in [5.41, 5.74) is 0.446. The van der Waals surface area contributed by atoms with Crippen LogP contribution in [-0.2, 0) is 9.84 Å². The number of hydrogen-bond acceptors (Lipinski definition) is 4. The maximum Gasteiger partial charge on any atom is 0.153 e. The smallest absolute Gasteiger partial charge is 0.153 e. The first kappa shape index (κ1) is 13.3. The van der Waals surface area contributed by atoms with Gasteiger partial charge in [0.25, 0.3) is 0 Å². The third-order valence-electron chi connectivity index (χ3n) is 4.26. The number of sulfone groups is 1. The Kier molecular flexibility index (Phi) is 3.80. The molecular formula is C12H24N2O2S. The molecule has 1 unspecified atom stereocenters. The molecule has 2 saturated heterocycles. The van der Waals surface area contributed by atoms with Crippen molar-refractivity contribution in [1.82, 2.24) is 10.2 Å². The molecule has 2 aliphatic heterocycles. The Morgan fingerprint density at radius 3 is 2.71 bits per heavy atom. The molecule has 0 aliphatic carbocycles. The van der Waals surface area contributed by atoms with Gasteiger partial charge in [0.05, 0.1) is 11.0 Å². The predicted molar refractivity (Wildman–Crippen MR) is 69.9 cm³/mol. The quantitative estimate of drug-likeness (QED) is 0.799. The van der Waals surface area contributed by atoms with Crippen molar-refractivity contribution in [3.8, 4) is 0 Å². The maximum atomic E-state index is 11.8. The van der Waals surface area contributed by atoms with Gasteiger partial charge in [0.15, 0.2) is 9.84 Å². The average Bonchev–Trinajstić information content (AvgIpc) is 2.87. The van der Waals surface area contributed by atoms with Gasteiger partial charge in [0.2, 0.25) is 0 Å². The summed E-state index contributed by atoms with van der Waals surface area (Å²) in [5, 5.41) is 3.18. The highest BCUT2D eigenvalue weighted by Crippen LogP contribution is 2.35. The Hall–Kier alpha value is -0.130. The highest BCUT2D eigenvalue weighted by atomic mass is 32.2. The minimum atomic E-state index is -2.88. The first-order valence-electron chi connectivity index (χ1n) is 6.58. The van der Waals surface area contributed by atoms with Crippen LogP contribution in [0.25, 0.3) is 0 Å². The van der Waals surface area contributed by atoms with E-state index in [2.05, 4.69) is 10.2 Å². The van der Waals surface area contributed by atoms with E-state index in [1.807, 2.05) is 0 Å². The molecule has 1 atom stereocenters. The van der Waals surface area contributed by atoms with Crippen molar-refractivity contribution in [3.63, 3.8) is 0 Å². The van der Waals surface area contributed by atoms with Crippen molar-refractivity contribution in [1.29, 1.82) is 0 Å². The second kappa shape index (κ2) is 4.86. The van der Waals surface area contributed by atoms with E-state index >= 15 is 0 Å². The van der Waals surface area contributed by atoms with Gasteiger partial charge in [-0.1, -0.05) is 0 Å². The van der Waals surface area contributed by atoms with Crippen LogP contribution >= 0.6 is 0 Å². The molecule has 0 aromatic heterocycles. The Morgan fingerprint density at radius 2 is 2.12 bits per heavy atom. The topological polar surface area (TPSA) is 49.4 Å². The molecule has 1 N–H and O–H groups in total. The molecule has 1 spiro atoms. The Balaban J connectivity index is 1.82. The van der Waals surface area contributed by atoms with Gasteiger partial charge in [-0.05, 0) is 45.2 Å². The number of rotatable bonds is 4.